The molecular formula is C23H31N3O3. The fraction of sp³-hybridized carbons (Fsp3) is 0.565. The van der Waals surface area contributed by atoms with Crippen LogP contribution in [0.1, 0.15) is 56.1 Å². The zero-order valence-corrected chi connectivity index (χ0v) is 17.1. The number of amides is 3. The lowest BCUT2D eigenvalue weighted by molar-refractivity contribution is -0.159. The Bertz CT molecular complexity index is 770. The summed E-state index contributed by atoms with van der Waals surface area (Å²) in [6, 6.07) is 8.10. The van der Waals surface area contributed by atoms with E-state index in [1.807, 2.05) is 19.1 Å². The maximum atomic E-state index is 12.8. The average Bonchev–Trinajstić information content (AvgIpc) is 2.71. The summed E-state index contributed by atoms with van der Waals surface area (Å²) in [4.78, 5) is 29.0. The number of fused-ring (bicyclic) bond motifs is 1. The van der Waals surface area contributed by atoms with Gasteiger partial charge >= 0.3 is 6.03 Å². The monoisotopic (exact) mass is 397 g/mol. The number of piperazine rings is 1. The number of aliphatic hydroxyl groups is 1. The number of urea groups is 1. The summed E-state index contributed by atoms with van der Waals surface area (Å²) in [5.74, 6) is -0.0187. The van der Waals surface area contributed by atoms with Crippen molar-refractivity contribution in [1.29, 1.82) is 0 Å². The van der Waals surface area contributed by atoms with Crippen LogP contribution >= 0.6 is 0 Å². The van der Waals surface area contributed by atoms with Gasteiger partial charge in [0.15, 0.2) is 0 Å². The first-order valence-corrected chi connectivity index (χ1v) is 10.8. The molecule has 156 valence electrons. The van der Waals surface area contributed by atoms with Crippen molar-refractivity contribution in [2.24, 2.45) is 0 Å². The zero-order chi connectivity index (χ0) is 20.4. The molecule has 29 heavy (non-hydrogen) atoms. The quantitative estimate of drug-likeness (QED) is 0.821. The normalized spacial score (nSPS) is 27.7. The van der Waals surface area contributed by atoms with E-state index in [0.717, 1.165) is 36.8 Å². The lowest BCUT2D eigenvalue weighted by atomic mass is 9.73. The van der Waals surface area contributed by atoms with Crippen LogP contribution in [0.4, 0.5) is 4.79 Å². The van der Waals surface area contributed by atoms with Crippen LogP contribution in [0.5, 0.6) is 0 Å². The van der Waals surface area contributed by atoms with Gasteiger partial charge in [-0.2, -0.15) is 0 Å². The van der Waals surface area contributed by atoms with Gasteiger partial charge in [0, 0.05) is 18.5 Å². The lowest BCUT2D eigenvalue weighted by Crippen LogP contribution is -2.74. The van der Waals surface area contributed by atoms with Crippen LogP contribution in [-0.4, -0.2) is 64.7 Å². The Morgan fingerprint density at radius 2 is 1.93 bits per heavy atom. The summed E-state index contributed by atoms with van der Waals surface area (Å²) in [5, 5.41) is 13.0. The molecule has 0 spiro atoms. The van der Waals surface area contributed by atoms with Gasteiger partial charge < -0.3 is 20.2 Å². The number of nitrogens with one attached hydrogen (secondary N) is 1. The Morgan fingerprint density at radius 3 is 2.59 bits per heavy atom. The number of hydrogen-bond acceptors (Lipinski definition) is 3. The molecule has 0 aromatic heterocycles. The Hall–Kier alpha value is -2.34. The lowest BCUT2D eigenvalue weighted by Gasteiger charge is -2.58. The van der Waals surface area contributed by atoms with E-state index < -0.39 is 0 Å². The molecule has 0 unspecified atom stereocenters. The second-order valence-corrected chi connectivity index (χ2v) is 8.48. The molecule has 2 saturated heterocycles. The van der Waals surface area contributed by atoms with Crippen molar-refractivity contribution in [1.82, 2.24) is 15.1 Å². The fourth-order valence-corrected chi connectivity index (χ4v) is 5.19. The van der Waals surface area contributed by atoms with Crippen molar-refractivity contribution in [3.05, 3.63) is 41.5 Å². The predicted octanol–water partition coefficient (Wildman–Crippen LogP) is 2.73. The van der Waals surface area contributed by atoms with Crippen LogP contribution < -0.4 is 5.32 Å². The van der Waals surface area contributed by atoms with Gasteiger partial charge in [-0.05, 0) is 30.9 Å². The van der Waals surface area contributed by atoms with E-state index in [1.165, 1.54) is 6.42 Å². The van der Waals surface area contributed by atoms with Gasteiger partial charge in [0.1, 0.15) is 6.54 Å². The van der Waals surface area contributed by atoms with Crippen LogP contribution in [0, 0.1) is 0 Å². The van der Waals surface area contributed by atoms with Crippen molar-refractivity contribution in [2.75, 3.05) is 19.7 Å². The van der Waals surface area contributed by atoms with E-state index in [9.17, 15) is 14.7 Å². The summed E-state index contributed by atoms with van der Waals surface area (Å²) in [5.41, 5.74) is 2.24. The summed E-state index contributed by atoms with van der Waals surface area (Å²) in [6.45, 7) is 2.54. The molecular weight excluding hydrogens is 366 g/mol. The first-order valence-electron chi connectivity index (χ1n) is 10.8. The highest BCUT2D eigenvalue weighted by Crippen LogP contribution is 2.43. The molecule has 1 aromatic rings. The van der Waals surface area contributed by atoms with Crippen LogP contribution in [0.2, 0.25) is 0 Å². The predicted molar refractivity (Wildman–Crippen MR) is 112 cm³/mol. The van der Waals surface area contributed by atoms with Gasteiger partial charge in [-0.25, -0.2) is 4.79 Å². The minimum Gasteiger partial charge on any atom is -0.394 e. The highest BCUT2D eigenvalue weighted by Gasteiger charge is 2.54. The molecule has 1 aromatic carbocycles. The van der Waals surface area contributed by atoms with E-state index >= 15 is 0 Å². The number of aliphatic hydroxyl groups excluding tert-OH is 1. The number of rotatable bonds is 4. The summed E-state index contributed by atoms with van der Waals surface area (Å²) in [7, 11) is 0. The first-order chi connectivity index (χ1) is 14.1. The minimum absolute atomic E-state index is 0.0499. The number of carbonyl (C=O) groups excluding carboxylic acids is 2. The largest absolute Gasteiger partial charge is 0.394 e. The Balaban J connectivity index is 1.47. The van der Waals surface area contributed by atoms with Crippen LogP contribution in [-0.2, 0) is 4.79 Å². The van der Waals surface area contributed by atoms with E-state index in [-0.39, 0.29) is 49.1 Å². The Morgan fingerprint density at radius 1 is 1.21 bits per heavy atom. The molecule has 0 bridgehead atoms. The molecule has 6 heteroatoms. The number of nitrogens with zero attached hydrogens (tertiary/aromatic N) is 2. The van der Waals surface area contributed by atoms with Crippen molar-refractivity contribution in [3.63, 3.8) is 0 Å². The van der Waals surface area contributed by atoms with Gasteiger partial charge in [0.25, 0.3) is 0 Å². The Kier molecular flexibility index (Phi) is 5.90. The van der Waals surface area contributed by atoms with Crippen molar-refractivity contribution in [3.8, 4) is 0 Å². The van der Waals surface area contributed by atoms with Crippen LogP contribution in [0.25, 0.3) is 6.08 Å². The standard InChI is InChI=1S/C23H31N3O3/c1-2-6-16-9-11-17(12-10-16)22-19-13-25(14-21(28)26(19)20(22)15-27)23(29)24-18-7-4-3-5-8-18/h2,6,9-12,18-20,22,27H,3-5,7-8,13-15H2,1H3,(H,24,29)/b6-2+/t19-,20-,22+/m0/s1. The molecule has 6 nitrogen and oxygen atoms in total. The number of carbonyl (C=O) groups is 2. The molecule has 3 atom stereocenters. The molecule has 3 aliphatic rings. The zero-order valence-electron chi connectivity index (χ0n) is 17.1. The molecule has 1 aliphatic carbocycles. The van der Waals surface area contributed by atoms with Gasteiger partial charge in [-0.15, -0.1) is 0 Å². The number of hydrogen-bond donors (Lipinski definition) is 2. The fourth-order valence-electron chi connectivity index (χ4n) is 5.19. The third kappa shape index (κ3) is 3.90. The average molecular weight is 398 g/mol. The van der Waals surface area contributed by atoms with E-state index in [1.54, 1.807) is 9.80 Å². The summed E-state index contributed by atoms with van der Waals surface area (Å²) in [6.07, 6.45) is 9.64. The maximum absolute atomic E-state index is 12.8. The highest BCUT2D eigenvalue weighted by atomic mass is 16.3. The SMILES string of the molecule is C/C=C/c1ccc([C@H]2[C@H](CO)N3C(=O)CN(C(=O)NC4CCCCC4)C[C@@H]23)cc1. The molecule has 3 amide bonds. The molecule has 4 rings (SSSR count). The number of allylic oxidation sites excluding steroid dienone is 1. The minimum atomic E-state index is -0.205. The van der Waals surface area contributed by atoms with E-state index in [0.29, 0.717) is 6.54 Å². The summed E-state index contributed by atoms with van der Waals surface area (Å²) >= 11 is 0. The van der Waals surface area contributed by atoms with Crippen molar-refractivity contribution in [2.45, 2.75) is 63.1 Å². The van der Waals surface area contributed by atoms with E-state index in [2.05, 4.69) is 29.6 Å². The second kappa shape index (κ2) is 8.57. The van der Waals surface area contributed by atoms with Crippen LogP contribution in [0.3, 0.4) is 0 Å². The molecule has 2 N–H and O–H groups in total. The van der Waals surface area contributed by atoms with Crippen molar-refractivity contribution >= 4 is 18.0 Å². The molecule has 0 radical (unpaired) electrons. The smallest absolute Gasteiger partial charge is 0.318 e. The first kappa shape index (κ1) is 20.0. The molecule has 2 aliphatic heterocycles. The molecule has 2 heterocycles. The molecule has 3 fully saturated rings. The highest BCUT2D eigenvalue weighted by molar-refractivity contribution is 5.87. The van der Waals surface area contributed by atoms with Crippen LogP contribution in [0.15, 0.2) is 30.3 Å². The van der Waals surface area contributed by atoms with E-state index in [4.69, 9.17) is 0 Å². The van der Waals surface area contributed by atoms with Crippen molar-refractivity contribution < 1.29 is 14.7 Å². The van der Waals surface area contributed by atoms with Gasteiger partial charge in [0.2, 0.25) is 5.91 Å². The third-order valence-corrected chi connectivity index (χ3v) is 6.65. The summed E-state index contributed by atoms with van der Waals surface area (Å²) < 4.78 is 0. The van der Waals surface area contributed by atoms with Gasteiger partial charge in [0.05, 0.1) is 18.7 Å². The third-order valence-electron chi connectivity index (χ3n) is 6.65. The topological polar surface area (TPSA) is 72.9 Å². The Labute approximate surface area is 172 Å². The van der Waals surface area contributed by atoms with Gasteiger partial charge in [-0.1, -0.05) is 55.7 Å². The molecule has 1 saturated carbocycles. The maximum Gasteiger partial charge on any atom is 0.318 e. The number of benzene rings is 1. The van der Waals surface area contributed by atoms with Gasteiger partial charge in [-0.3, -0.25) is 4.79 Å². The second-order valence-electron chi connectivity index (χ2n) is 8.48.